The van der Waals surface area contributed by atoms with Gasteiger partial charge in [0.05, 0.1) is 11.6 Å². The summed E-state index contributed by atoms with van der Waals surface area (Å²) in [6.45, 7) is 5.20. The summed E-state index contributed by atoms with van der Waals surface area (Å²) < 4.78 is 19.5. The Labute approximate surface area is 136 Å². The second kappa shape index (κ2) is 7.21. The van der Waals surface area contributed by atoms with Gasteiger partial charge in [-0.05, 0) is 37.0 Å². The summed E-state index contributed by atoms with van der Waals surface area (Å²) in [5, 5.41) is 4.22. The van der Waals surface area contributed by atoms with Gasteiger partial charge in [-0.1, -0.05) is 26.7 Å². The predicted molar refractivity (Wildman–Crippen MR) is 90.0 cm³/mol. The molecule has 1 aliphatic rings. The highest BCUT2D eigenvalue weighted by atomic mass is 19.1. The van der Waals surface area contributed by atoms with Crippen molar-refractivity contribution in [2.24, 2.45) is 5.92 Å². The molecule has 0 aliphatic carbocycles. The molecule has 0 radical (unpaired) electrons. The van der Waals surface area contributed by atoms with Crippen LogP contribution < -0.4 is 5.32 Å². The Bertz CT molecular complexity index is 660. The van der Waals surface area contributed by atoms with Crippen molar-refractivity contribution in [1.82, 2.24) is 9.97 Å². The van der Waals surface area contributed by atoms with Crippen molar-refractivity contribution >= 4 is 16.7 Å². The van der Waals surface area contributed by atoms with Crippen LogP contribution in [0.5, 0.6) is 0 Å². The molecule has 5 heteroatoms. The second-order valence-electron chi connectivity index (χ2n) is 6.24. The maximum atomic E-state index is 13.6. The van der Waals surface area contributed by atoms with E-state index in [0.717, 1.165) is 43.2 Å². The van der Waals surface area contributed by atoms with Crippen molar-refractivity contribution in [2.75, 3.05) is 11.9 Å². The number of anilines is 1. The van der Waals surface area contributed by atoms with Crippen LogP contribution >= 0.6 is 0 Å². The maximum Gasteiger partial charge on any atom is 0.137 e. The Morgan fingerprint density at radius 1 is 1.30 bits per heavy atom. The minimum Gasteiger partial charge on any atom is -0.378 e. The van der Waals surface area contributed by atoms with E-state index in [0.29, 0.717) is 23.9 Å². The highest BCUT2D eigenvalue weighted by Crippen LogP contribution is 2.28. The van der Waals surface area contributed by atoms with E-state index in [4.69, 9.17) is 4.74 Å². The fourth-order valence-corrected chi connectivity index (χ4v) is 3.44. The molecule has 124 valence electrons. The van der Waals surface area contributed by atoms with Crippen molar-refractivity contribution < 1.29 is 9.13 Å². The van der Waals surface area contributed by atoms with Crippen LogP contribution in [-0.4, -0.2) is 28.7 Å². The van der Waals surface area contributed by atoms with Gasteiger partial charge in [-0.25, -0.2) is 14.4 Å². The van der Waals surface area contributed by atoms with Crippen LogP contribution in [0.3, 0.4) is 0 Å². The highest BCUT2D eigenvalue weighted by Gasteiger charge is 2.28. The van der Waals surface area contributed by atoms with Gasteiger partial charge in [0, 0.05) is 18.0 Å². The normalized spacial score (nSPS) is 21.7. The molecule has 0 spiro atoms. The first kappa shape index (κ1) is 16.1. The molecule has 1 aromatic heterocycles. The van der Waals surface area contributed by atoms with Gasteiger partial charge in [-0.3, -0.25) is 0 Å². The molecule has 2 atom stereocenters. The molecule has 1 fully saturated rings. The standard InChI is InChI=1S/C18H24FN3O/c1-3-12(4-2)17-10-14(7-8-23-17)22-18-15-9-13(19)5-6-16(15)20-11-21-18/h5-6,9,11-12,14,17H,3-4,7-8,10H2,1-2H3,(H,20,21,22). The molecule has 2 heterocycles. The zero-order valence-corrected chi connectivity index (χ0v) is 13.8. The Hall–Kier alpha value is -1.75. The summed E-state index contributed by atoms with van der Waals surface area (Å²) in [7, 11) is 0. The predicted octanol–water partition coefficient (Wildman–Crippen LogP) is 4.16. The van der Waals surface area contributed by atoms with Crippen LogP contribution in [0.2, 0.25) is 0 Å². The Morgan fingerprint density at radius 2 is 2.13 bits per heavy atom. The molecule has 4 nitrogen and oxygen atoms in total. The van der Waals surface area contributed by atoms with Crippen LogP contribution in [-0.2, 0) is 4.74 Å². The summed E-state index contributed by atoms with van der Waals surface area (Å²) in [6.07, 6.45) is 6.00. The fraction of sp³-hybridized carbons (Fsp3) is 0.556. The molecule has 2 unspecified atom stereocenters. The lowest BCUT2D eigenvalue weighted by Gasteiger charge is -2.34. The minimum atomic E-state index is -0.266. The van der Waals surface area contributed by atoms with Crippen LogP contribution in [0, 0.1) is 11.7 Å². The number of nitrogens with one attached hydrogen (secondary N) is 1. The number of halogens is 1. The number of hydrogen-bond acceptors (Lipinski definition) is 4. The largest absolute Gasteiger partial charge is 0.378 e. The van der Waals surface area contributed by atoms with E-state index in [1.165, 1.54) is 18.5 Å². The van der Waals surface area contributed by atoms with Gasteiger partial charge in [-0.15, -0.1) is 0 Å². The fourth-order valence-electron chi connectivity index (χ4n) is 3.44. The van der Waals surface area contributed by atoms with E-state index in [1.54, 1.807) is 6.07 Å². The summed E-state index contributed by atoms with van der Waals surface area (Å²) >= 11 is 0. The lowest BCUT2D eigenvalue weighted by molar-refractivity contribution is -0.0271. The van der Waals surface area contributed by atoms with Crippen LogP contribution in [0.1, 0.15) is 39.5 Å². The third-order valence-corrected chi connectivity index (χ3v) is 4.83. The SMILES string of the molecule is CCC(CC)C1CC(Nc2ncnc3ccc(F)cc23)CCO1. The van der Waals surface area contributed by atoms with Gasteiger partial charge >= 0.3 is 0 Å². The first-order valence-corrected chi connectivity index (χ1v) is 8.49. The third kappa shape index (κ3) is 3.61. The van der Waals surface area contributed by atoms with E-state index < -0.39 is 0 Å². The summed E-state index contributed by atoms with van der Waals surface area (Å²) in [5.74, 6) is 1.04. The molecule has 2 aromatic rings. The molecule has 1 aliphatic heterocycles. The lowest BCUT2D eigenvalue weighted by atomic mass is 9.89. The van der Waals surface area contributed by atoms with E-state index in [9.17, 15) is 4.39 Å². The number of aromatic nitrogens is 2. The van der Waals surface area contributed by atoms with E-state index >= 15 is 0 Å². The van der Waals surface area contributed by atoms with Crippen LogP contribution in [0.4, 0.5) is 10.2 Å². The van der Waals surface area contributed by atoms with Gasteiger partial charge in [0.15, 0.2) is 0 Å². The van der Waals surface area contributed by atoms with E-state index in [1.807, 2.05) is 0 Å². The quantitative estimate of drug-likeness (QED) is 0.899. The first-order valence-electron chi connectivity index (χ1n) is 8.49. The third-order valence-electron chi connectivity index (χ3n) is 4.83. The molecule has 0 saturated carbocycles. The highest BCUT2D eigenvalue weighted by molar-refractivity contribution is 5.88. The molecule has 0 amide bonds. The Morgan fingerprint density at radius 3 is 2.91 bits per heavy atom. The molecule has 3 rings (SSSR count). The molecule has 0 bridgehead atoms. The van der Waals surface area contributed by atoms with Gasteiger partial charge in [0.2, 0.25) is 0 Å². The monoisotopic (exact) mass is 317 g/mol. The number of benzene rings is 1. The maximum absolute atomic E-state index is 13.6. The van der Waals surface area contributed by atoms with Gasteiger partial charge in [0.1, 0.15) is 18.0 Å². The van der Waals surface area contributed by atoms with E-state index in [2.05, 4.69) is 29.1 Å². The van der Waals surface area contributed by atoms with Crippen molar-refractivity contribution in [2.45, 2.75) is 51.7 Å². The van der Waals surface area contributed by atoms with Crippen LogP contribution in [0.25, 0.3) is 10.9 Å². The van der Waals surface area contributed by atoms with Crippen molar-refractivity contribution in [3.8, 4) is 0 Å². The number of nitrogens with zero attached hydrogens (tertiary/aromatic N) is 2. The molecule has 23 heavy (non-hydrogen) atoms. The average molecular weight is 317 g/mol. The Kier molecular flexibility index (Phi) is 5.06. The average Bonchev–Trinajstić information content (AvgIpc) is 2.57. The molecular weight excluding hydrogens is 293 g/mol. The zero-order valence-electron chi connectivity index (χ0n) is 13.8. The first-order chi connectivity index (χ1) is 11.2. The molecule has 1 N–H and O–H groups in total. The van der Waals surface area contributed by atoms with Crippen molar-refractivity contribution in [3.05, 3.63) is 30.3 Å². The molecule has 1 aromatic carbocycles. The molecule has 1 saturated heterocycles. The summed E-state index contributed by atoms with van der Waals surface area (Å²) in [4.78, 5) is 8.53. The summed E-state index contributed by atoms with van der Waals surface area (Å²) in [5.41, 5.74) is 0.757. The number of hydrogen-bond donors (Lipinski definition) is 1. The van der Waals surface area contributed by atoms with Crippen molar-refractivity contribution in [1.29, 1.82) is 0 Å². The van der Waals surface area contributed by atoms with Gasteiger partial charge < -0.3 is 10.1 Å². The van der Waals surface area contributed by atoms with Crippen LogP contribution in [0.15, 0.2) is 24.5 Å². The summed E-state index contributed by atoms with van der Waals surface area (Å²) in [6, 6.07) is 4.91. The Balaban J connectivity index is 1.78. The van der Waals surface area contributed by atoms with E-state index in [-0.39, 0.29) is 5.82 Å². The number of ether oxygens (including phenoxy) is 1. The topological polar surface area (TPSA) is 47.0 Å². The second-order valence-corrected chi connectivity index (χ2v) is 6.24. The van der Waals surface area contributed by atoms with Crippen molar-refractivity contribution in [3.63, 3.8) is 0 Å². The minimum absolute atomic E-state index is 0.266. The molecular formula is C18H24FN3O. The smallest absolute Gasteiger partial charge is 0.137 e. The lowest BCUT2D eigenvalue weighted by Crippen LogP contribution is -2.38. The number of fused-ring (bicyclic) bond motifs is 1. The van der Waals surface area contributed by atoms with Gasteiger partial charge in [-0.2, -0.15) is 0 Å². The number of rotatable bonds is 5. The zero-order chi connectivity index (χ0) is 16.2. The van der Waals surface area contributed by atoms with Gasteiger partial charge in [0.25, 0.3) is 0 Å².